The summed E-state index contributed by atoms with van der Waals surface area (Å²) in [6.07, 6.45) is 2.13. The van der Waals surface area contributed by atoms with Crippen LogP contribution in [0, 0.1) is 0 Å². The second-order valence-corrected chi connectivity index (χ2v) is 7.24. The molecule has 1 N–H and O–H groups in total. The number of carbonyl (C=O) groups is 2. The standard InChI is InChI=1S/C19H28N4O4/c1-21(2)8-9-23(12-15-5-4-10-26-15)19(25)20-14-6-7-16-17(11-14)27-13-18(24)22(16)3/h6-7,11,15H,4-5,8-10,12-13H2,1-3H3,(H,20,25)/t15-/m1/s1. The number of fused-ring (bicyclic) bond motifs is 1. The lowest BCUT2D eigenvalue weighted by atomic mass is 10.2. The van der Waals surface area contributed by atoms with E-state index in [0.29, 0.717) is 30.2 Å². The van der Waals surface area contributed by atoms with E-state index in [-0.39, 0.29) is 24.6 Å². The van der Waals surface area contributed by atoms with Gasteiger partial charge in [-0.05, 0) is 39.1 Å². The highest BCUT2D eigenvalue weighted by Crippen LogP contribution is 2.33. The number of likely N-dealkylation sites (N-methyl/N-ethyl adjacent to an activating group) is 2. The second kappa shape index (κ2) is 8.58. The fourth-order valence-corrected chi connectivity index (χ4v) is 3.19. The molecule has 2 heterocycles. The number of hydrogen-bond donors (Lipinski definition) is 1. The molecule has 1 saturated heterocycles. The zero-order valence-corrected chi connectivity index (χ0v) is 16.2. The van der Waals surface area contributed by atoms with Gasteiger partial charge in [0.2, 0.25) is 0 Å². The highest BCUT2D eigenvalue weighted by Gasteiger charge is 2.25. The maximum Gasteiger partial charge on any atom is 0.321 e. The minimum absolute atomic E-state index is 0.00881. The minimum Gasteiger partial charge on any atom is -0.481 e. The van der Waals surface area contributed by atoms with Crippen LogP contribution in [0.3, 0.4) is 0 Å². The fourth-order valence-electron chi connectivity index (χ4n) is 3.19. The lowest BCUT2D eigenvalue weighted by Crippen LogP contribution is -2.43. The Balaban J connectivity index is 1.67. The summed E-state index contributed by atoms with van der Waals surface area (Å²) in [7, 11) is 5.69. The molecule has 2 aliphatic heterocycles. The van der Waals surface area contributed by atoms with Crippen molar-refractivity contribution in [2.45, 2.75) is 18.9 Å². The molecule has 1 fully saturated rings. The number of urea groups is 1. The van der Waals surface area contributed by atoms with Crippen LogP contribution < -0.4 is 15.0 Å². The minimum atomic E-state index is -0.160. The molecule has 27 heavy (non-hydrogen) atoms. The molecule has 0 radical (unpaired) electrons. The lowest BCUT2D eigenvalue weighted by Gasteiger charge is -2.28. The summed E-state index contributed by atoms with van der Waals surface area (Å²) in [5.41, 5.74) is 1.34. The molecule has 3 amide bonds. The Hall–Kier alpha value is -2.32. The Morgan fingerprint density at radius 3 is 2.85 bits per heavy atom. The first-order valence-electron chi connectivity index (χ1n) is 9.29. The number of anilines is 2. The van der Waals surface area contributed by atoms with Crippen molar-refractivity contribution < 1.29 is 19.1 Å². The van der Waals surface area contributed by atoms with Gasteiger partial charge in [-0.1, -0.05) is 0 Å². The van der Waals surface area contributed by atoms with Crippen molar-refractivity contribution in [3.8, 4) is 5.75 Å². The van der Waals surface area contributed by atoms with Gasteiger partial charge < -0.3 is 29.5 Å². The van der Waals surface area contributed by atoms with Crippen LogP contribution in [0.2, 0.25) is 0 Å². The Morgan fingerprint density at radius 2 is 2.15 bits per heavy atom. The van der Waals surface area contributed by atoms with Gasteiger partial charge in [0, 0.05) is 45.0 Å². The quantitative estimate of drug-likeness (QED) is 0.817. The number of rotatable bonds is 6. The second-order valence-electron chi connectivity index (χ2n) is 7.24. The van der Waals surface area contributed by atoms with Crippen molar-refractivity contribution in [1.82, 2.24) is 9.80 Å². The van der Waals surface area contributed by atoms with Gasteiger partial charge in [0.1, 0.15) is 5.75 Å². The average Bonchev–Trinajstić information content (AvgIpc) is 3.14. The Kier molecular flexibility index (Phi) is 6.18. The van der Waals surface area contributed by atoms with Crippen molar-refractivity contribution in [3.63, 3.8) is 0 Å². The van der Waals surface area contributed by atoms with Gasteiger partial charge in [0.15, 0.2) is 6.61 Å². The van der Waals surface area contributed by atoms with E-state index < -0.39 is 0 Å². The predicted molar refractivity (Wildman–Crippen MR) is 103 cm³/mol. The number of benzene rings is 1. The molecule has 8 heteroatoms. The van der Waals surface area contributed by atoms with Crippen LogP contribution in [0.1, 0.15) is 12.8 Å². The highest BCUT2D eigenvalue weighted by atomic mass is 16.5. The van der Waals surface area contributed by atoms with E-state index in [9.17, 15) is 9.59 Å². The van der Waals surface area contributed by atoms with Crippen molar-refractivity contribution in [1.29, 1.82) is 0 Å². The highest BCUT2D eigenvalue weighted by molar-refractivity contribution is 5.98. The Labute approximate surface area is 160 Å². The van der Waals surface area contributed by atoms with Gasteiger partial charge in [0.25, 0.3) is 5.91 Å². The zero-order valence-electron chi connectivity index (χ0n) is 16.2. The van der Waals surface area contributed by atoms with E-state index in [0.717, 1.165) is 26.0 Å². The number of nitrogens with one attached hydrogen (secondary N) is 1. The molecule has 0 bridgehead atoms. The number of hydrogen-bond acceptors (Lipinski definition) is 5. The van der Waals surface area contributed by atoms with Gasteiger partial charge in [-0.2, -0.15) is 0 Å². The van der Waals surface area contributed by atoms with E-state index in [2.05, 4.69) is 10.2 Å². The molecule has 2 aliphatic rings. The van der Waals surface area contributed by atoms with Gasteiger partial charge in [-0.25, -0.2) is 4.79 Å². The van der Waals surface area contributed by atoms with Crippen LogP contribution in [0.5, 0.6) is 5.75 Å². The summed E-state index contributed by atoms with van der Waals surface area (Å²) < 4.78 is 11.2. The van der Waals surface area contributed by atoms with E-state index >= 15 is 0 Å². The van der Waals surface area contributed by atoms with Crippen LogP contribution in [-0.2, 0) is 9.53 Å². The first-order valence-corrected chi connectivity index (χ1v) is 9.29. The topological polar surface area (TPSA) is 74.4 Å². The molecule has 0 saturated carbocycles. The lowest BCUT2D eigenvalue weighted by molar-refractivity contribution is -0.120. The van der Waals surface area contributed by atoms with Crippen LogP contribution in [0.15, 0.2) is 18.2 Å². The van der Waals surface area contributed by atoms with Gasteiger partial charge in [-0.15, -0.1) is 0 Å². The first kappa shape index (κ1) is 19.4. The van der Waals surface area contributed by atoms with Crippen molar-refractivity contribution in [3.05, 3.63) is 18.2 Å². The van der Waals surface area contributed by atoms with Gasteiger partial charge >= 0.3 is 6.03 Å². The van der Waals surface area contributed by atoms with E-state index in [1.54, 1.807) is 35.0 Å². The van der Waals surface area contributed by atoms with E-state index in [1.807, 2.05) is 14.1 Å². The summed E-state index contributed by atoms with van der Waals surface area (Å²) in [5, 5.41) is 2.95. The van der Waals surface area contributed by atoms with Gasteiger partial charge in [-0.3, -0.25) is 4.79 Å². The number of amides is 3. The monoisotopic (exact) mass is 376 g/mol. The summed E-state index contributed by atoms with van der Waals surface area (Å²) in [4.78, 5) is 30.0. The van der Waals surface area contributed by atoms with Crippen molar-refractivity contribution in [2.24, 2.45) is 0 Å². The molecule has 0 aliphatic carbocycles. The largest absolute Gasteiger partial charge is 0.481 e. The summed E-state index contributed by atoms with van der Waals surface area (Å²) in [6.45, 7) is 2.76. The first-order chi connectivity index (χ1) is 12.9. The average molecular weight is 376 g/mol. The van der Waals surface area contributed by atoms with E-state index in [4.69, 9.17) is 9.47 Å². The molecule has 0 spiro atoms. The molecule has 148 valence electrons. The maximum absolute atomic E-state index is 12.8. The predicted octanol–water partition coefficient (Wildman–Crippen LogP) is 1.62. The number of nitrogens with zero attached hydrogens (tertiary/aromatic N) is 3. The SMILES string of the molecule is CN(C)CCN(C[C@H]1CCCO1)C(=O)Nc1ccc2c(c1)OCC(=O)N2C. The molecular formula is C19H28N4O4. The summed E-state index contributed by atoms with van der Waals surface area (Å²) in [6, 6.07) is 5.16. The third-order valence-corrected chi connectivity index (χ3v) is 4.85. The smallest absolute Gasteiger partial charge is 0.321 e. The molecule has 1 atom stereocenters. The van der Waals surface area contributed by atoms with E-state index in [1.165, 1.54) is 0 Å². The van der Waals surface area contributed by atoms with Crippen LogP contribution in [0.4, 0.5) is 16.2 Å². The Bertz CT molecular complexity index is 688. The maximum atomic E-state index is 12.8. The van der Waals surface area contributed by atoms with Crippen LogP contribution >= 0.6 is 0 Å². The third-order valence-electron chi connectivity index (χ3n) is 4.85. The Morgan fingerprint density at radius 1 is 1.33 bits per heavy atom. The summed E-state index contributed by atoms with van der Waals surface area (Å²) in [5.74, 6) is 0.500. The summed E-state index contributed by atoms with van der Waals surface area (Å²) >= 11 is 0. The molecule has 0 aromatic heterocycles. The molecule has 8 nitrogen and oxygen atoms in total. The normalized spacial score (nSPS) is 19.0. The molecule has 1 aromatic rings. The number of ether oxygens (including phenoxy) is 2. The van der Waals surface area contributed by atoms with Crippen LogP contribution in [-0.4, -0.2) is 81.8 Å². The number of carbonyl (C=O) groups excluding carboxylic acids is 2. The molecule has 1 aromatic carbocycles. The molecule has 3 rings (SSSR count). The zero-order chi connectivity index (χ0) is 19.4. The molecular weight excluding hydrogens is 348 g/mol. The molecule has 0 unspecified atom stereocenters. The fraction of sp³-hybridized carbons (Fsp3) is 0.579. The van der Waals surface area contributed by atoms with Crippen molar-refractivity contribution in [2.75, 3.05) is 64.2 Å². The van der Waals surface area contributed by atoms with Crippen LogP contribution in [0.25, 0.3) is 0 Å². The van der Waals surface area contributed by atoms with Crippen molar-refractivity contribution >= 4 is 23.3 Å². The third kappa shape index (κ3) is 4.90. The van der Waals surface area contributed by atoms with Gasteiger partial charge in [0.05, 0.1) is 11.8 Å².